The van der Waals surface area contributed by atoms with Gasteiger partial charge in [-0.05, 0) is 24.6 Å². The molecule has 0 atom stereocenters. The van der Waals surface area contributed by atoms with Crippen LogP contribution in [-0.4, -0.2) is 68.9 Å². The van der Waals surface area contributed by atoms with Crippen LogP contribution in [0.5, 0.6) is 5.75 Å². The Kier molecular flexibility index (Phi) is 8.58. The molecular formula is C22H24Cl2N2O6S. The van der Waals surface area contributed by atoms with Gasteiger partial charge in [-0.15, -0.1) is 0 Å². The first-order valence-electron chi connectivity index (χ1n) is 10.3. The Morgan fingerprint density at radius 3 is 2.18 bits per heavy atom. The summed E-state index contributed by atoms with van der Waals surface area (Å²) in [4.78, 5) is 26.0. The summed E-state index contributed by atoms with van der Waals surface area (Å²) in [6, 6.07) is 11.7. The minimum Gasteiger partial charge on any atom is -0.481 e. The molecule has 1 amide bonds. The van der Waals surface area contributed by atoms with Gasteiger partial charge in [0.2, 0.25) is 10.0 Å². The van der Waals surface area contributed by atoms with Gasteiger partial charge in [0, 0.05) is 26.2 Å². The number of halogens is 2. The number of rotatable bonds is 8. The van der Waals surface area contributed by atoms with E-state index in [2.05, 4.69) is 0 Å². The van der Waals surface area contributed by atoms with Crippen LogP contribution < -0.4 is 4.74 Å². The molecular weight excluding hydrogens is 491 g/mol. The molecule has 1 heterocycles. The minimum absolute atomic E-state index is 0.0789. The van der Waals surface area contributed by atoms with Crippen molar-refractivity contribution in [3.63, 3.8) is 0 Å². The molecule has 0 unspecified atom stereocenters. The number of piperazine rings is 1. The third kappa shape index (κ3) is 6.60. The zero-order chi connectivity index (χ0) is 24.0. The molecule has 3 rings (SSSR count). The molecule has 2 aromatic carbocycles. The predicted molar refractivity (Wildman–Crippen MR) is 125 cm³/mol. The molecule has 0 spiro atoms. The van der Waals surface area contributed by atoms with Crippen molar-refractivity contribution in [1.29, 1.82) is 0 Å². The van der Waals surface area contributed by atoms with E-state index in [9.17, 15) is 18.0 Å². The summed E-state index contributed by atoms with van der Waals surface area (Å²) < 4.78 is 37.2. The van der Waals surface area contributed by atoms with Crippen LogP contribution in [0.3, 0.4) is 0 Å². The van der Waals surface area contributed by atoms with Gasteiger partial charge < -0.3 is 14.4 Å². The topological polar surface area (TPSA) is 93.2 Å². The zero-order valence-corrected chi connectivity index (χ0v) is 20.3. The number of carbonyl (C=O) groups is 2. The molecule has 2 aromatic rings. The Hall–Kier alpha value is -2.33. The Morgan fingerprint density at radius 1 is 1.00 bits per heavy atom. The smallest absolute Gasteiger partial charge is 0.338 e. The molecule has 8 nitrogen and oxygen atoms in total. The monoisotopic (exact) mass is 514 g/mol. The average Bonchev–Trinajstić information content (AvgIpc) is 2.79. The van der Waals surface area contributed by atoms with Crippen molar-refractivity contribution in [3.8, 4) is 5.75 Å². The fourth-order valence-electron chi connectivity index (χ4n) is 3.35. The van der Waals surface area contributed by atoms with Gasteiger partial charge in [-0.3, -0.25) is 4.79 Å². The molecule has 33 heavy (non-hydrogen) atoms. The predicted octanol–water partition coefficient (Wildman–Crippen LogP) is 3.22. The van der Waals surface area contributed by atoms with E-state index in [1.54, 1.807) is 31.2 Å². The number of benzene rings is 2. The second kappa shape index (κ2) is 11.2. The average molecular weight is 515 g/mol. The van der Waals surface area contributed by atoms with Gasteiger partial charge in [0.25, 0.3) is 5.91 Å². The molecule has 1 fully saturated rings. The lowest BCUT2D eigenvalue weighted by molar-refractivity contribution is -0.134. The molecule has 0 radical (unpaired) electrons. The van der Waals surface area contributed by atoms with Crippen molar-refractivity contribution < 1.29 is 27.5 Å². The highest BCUT2D eigenvalue weighted by molar-refractivity contribution is 7.88. The Labute approximate surface area is 203 Å². The summed E-state index contributed by atoms with van der Waals surface area (Å²) in [7, 11) is -3.48. The zero-order valence-electron chi connectivity index (χ0n) is 18.0. The van der Waals surface area contributed by atoms with E-state index < -0.39 is 16.0 Å². The first kappa shape index (κ1) is 25.3. The number of hydrogen-bond acceptors (Lipinski definition) is 6. The van der Waals surface area contributed by atoms with Crippen molar-refractivity contribution in [2.45, 2.75) is 12.7 Å². The first-order chi connectivity index (χ1) is 15.7. The molecule has 0 aromatic heterocycles. The van der Waals surface area contributed by atoms with Crippen molar-refractivity contribution in [1.82, 2.24) is 9.21 Å². The van der Waals surface area contributed by atoms with E-state index in [4.69, 9.17) is 32.7 Å². The molecule has 11 heteroatoms. The second-order valence-corrected chi connectivity index (χ2v) is 10.1. The van der Waals surface area contributed by atoms with Crippen LogP contribution in [0.15, 0.2) is 42.5 Å². The number of ether oxygens (including phenoxy) is 2. The largest absolute Gasteiger partial charge is 0.481 e. The normalized spacial score (nSPS) is 14.7. The molecule has 0 N–H and O–H groups in total. The molecule has 1 aliphatic heterocycles. The van der Waals surface area contributed by atoms with Gasteiger partial charge in [-0.1, -0.05) is 53.5 Å². The Balaban J connectivity index is 1.54. The lowest BCUT2D eigenvalue weighted by Crippen LogP contribution is -2.51. The molecule has 1 aliphatic rings. The van der Waals surface area contributed by atoms with Gasteiger partial charge >= 0.3 is 5.97 Å². The maximum Gasteiger partial charge on any atom is 0.338 e. The van der Waals surface area contributed by atoms with E-state index >= 15 is 0 Å². The van der Waals surface area contributed by atoms with Gasteiger partial charge in [-0.25, -0.2) is 13.2 Å². The third-order valence-electron chi connectivity index (χ3n) is 5.03. The van der Waals surface area contributed by atoms with E-state index in [0.717, 1.165) is 0 Å². The van der Waals surface area contributed by atoms with Gasteiger partial charge in [0.1, 0.15) is 0 Å². The van der Waals surface area contributed by atoms with Crippen LogP contribution >= 0.6 is 23.2 Å². The molecule has 1 saturated heterocycles. The van der Waals surface area contributed by atoms with Crippen molar-refractivity contribution in [3.05, 3.63) is 63.6 Å². The summed E-state index contributed by atoms with van der Waals surface area (Å²) in [6.45, 7) is 2.48. The summed E-state index contributed by atoms with van der Waals surface area (Å²) in [6.07, 6.45) is 0. The third-order valence-corrected chi connectivity index (χ3v) is 7.44. The molecule has 0 saturated carbocycles. The maximum absolute atomic E-state index is 12.7. The maximum atomic E-state index is 12.7. The number of amides is 1. The van der Waals surface area contributed by atoms with E-state index in [1.165, 1.54) is 21.3 Å². The summed E-state index contributed by atoms with van der Waals surface area (Å²) in [5.74, 6) is -0.881. The van der Waals surface area contributed by atoms with Crippen molar-refractivity contribution in [2.75, 3.05) is 39.4 Å². The van der Waals surface area contributed by atoms with Crippen molar-refractivity contribution in [2.24, 2.45) is 0 Å². The van der Waals surface area contributed by atoms with Crippen molar-refractivity contribution >= 4 is 45.1 Å². The van der Waals surface area contributed by atoms with E-state index in [0.29, 0.717) is 5.56 Å². The number of nitrogens with zero attached hydrogens (tertiary/aromatic N) is 2. The van der Waals surface area contributed by atoms with Crippen LogP contribution in [0, 0.1) is 0 Å². The first-order valence-corrected chi connectivity index (χ1v) is 12.7. The van der Waals surface area contributed by atoms with Crippen LogP contribution in [0.4, 0.5) is 0 Å². The highest BCUT2D eigenvalue weighted by Crippen LogP contribution is 2.34. The van der Waals surface area contributed by atoms with Crippen LogP contribution in [0.1, 0.15) is 22.8 Å². The van der Waals surface area contributed by atoms with Crippen LogP contribution in [0.25, 0.3) is 0 Å². The number of carbonyl (C=O) groups excluding carboxylic acids is 2. The van der Waals surface area contributed by atoms with Gasteiger partial charge in [0.15, 0.2) is 12.4 Å². The second-order valence-electron chi connectivity index (χ2n) is 7.30. The van der Waals surface area contributed by atoms with Crippen LogP contribution in [0.2, 0.25) is 10.0 Å². The summed E-state index contributed by atoms with van der Waals surface area (Å²) in [5, 5.41) is 0.158. The fourth-order valence-corrected chi connectivity index (χ4v) is 5.46. The number of hydrogen-bond donors (Lipinski definition) is 0. The molecule has 0 bridgehead atoms. The van der Waals surface area contributed by atoms with Gasteiger partial charge in [0.05, 0.1) is 28.0 Å². The molecule has 0 aliphatic carbocycles. The Morgan fingerprint density at radius 2 is 1.61 bits per heavy atom. The molecule has 178 valence electrons. The summed E-state index contributed by atoms with van der Waals surface area (Å²) >= 11 is 12.3. The Bertz CT molecular complexity index is 1080. The van der Waals surface area contributed by atoms with E-state index in [1.807, 2.05) is 6.07 Å². The van der Waals surface area contributed by atoms with Gasteiger partial charge in [-0.2, -0.15) is 4.31 Å². The van der Waals surface area contributed by atoms with Crippen LogP contribution in [-0.2, 0) is 25.3 Å². The standard InChI is InChI=1S/C22H24Cl2N2O6S/c1-2-31-22(28)17-12-18(23)21(19(24)13-17)32-14-20(27)25-8-10-26(11-9-25)33(29,30)15-16-6-4-3-5-7-16/h3-7,12-13H,2,8-11,14-15H2,1H3. The highest BCUT2D eigenvalue weighted by Gasteiger charge is 2.29. The lowest BCUT2D eigenvalue weighted by atomic mass is 10.2. The minimum atomic E-state index is -3.48. The quantitative estimate of drug-likeness (QED) is 0.502. The highest BCUT2D eigenvalue weighted by atomic mass is 35.5. The fraction of sp³-hybridized carbons (Fsp3) is 0.364. The van der Waals surface area contributed by atoms with E-state index in [-0.39, 0.29) is 72.4 Å². The number of esters is 1. The number of sulfonamides is 1. The SMILES string of the molecule is CCOC(=O)c1cc(Cl)c(OCC(=O)N2CCN(S(=O)(=O)Cc3ccccc3)CC2)c(Cl)c1. The lowest BCUT2D eigenvalue weighted by Gasteiger charge is -2.34. The summed E-state index contributed by atoms with van der Waals surface area (Å²) in [5.41, 5.74) is 0.894.